The maximum absolute atomic E-state index is 12.5. The maximum atomic E-state index is 12.5. The van der Waals surface area contributed by atoms with Gasteiger partial charge in [-0.05, 0) is 67.2 Å². The standard InChI is InChI=1S/C22H18ClN3O2S2/c1-12-5-6-15-16(11-24)21(30-19(15)9-12)26-22(29)25-20(27)18-8-7-17(28-18)13-3-2-4-14(23)10-13/h2-4,7-8,10,12H,5-6,9H2,1H3,(H2,25,26,27,29). The highest BCUT2D eigenvalue weighted by atomic mass is 35.5. The van der Waals surface area contributed by atoms with Crippen LogP contribution in [0.15, 0.2) is 40.8 Å². The summed E-state index contributed by atoms with van der Waals surface area (Å²) in [6, 6.07) is 12.8. The molecule has 8 heteroatoms. The second-order valence-electron chi connectivity index (χ2n) is 7.25. The molecule has 1 atom stereocenters. The number of fused-ring (bicyclic) bond motifs is 1. The first-order chi connectivity index (χ1) is 14.4. The molecule has 2 aromatic heterocycles. The number of halogens is 1. The highest BCUT2D eigenvalue weighted by molar-refractivity contribution is 7.80. The number of nitrogens with one attached hydrogen (secondary N) is 2. The zero-order valence-corrected chi connectivity index (χ0v) is 18.5. The summed E-state index contributed by atoms with van der Waals surface area (Å²) >= 11 is 12.8. The fourth-order valence-electron chi connectivity index (χ4n) is 3.51. The van der Waals surface area contributed by atoms with Crippen molar-refractivity contribution in [2.75, 3.05) is 5.32 Å². The number of thiophene rings is 1. The van der Waals surface area contributed by atoms with E-state index in [-0.39, 0.29) is 10.9 Å². The van der Waals surface area contributed by atoms with Gasteiger partial charge in [0.2, 0.25) is 0 Å². The van der Waals surface area contributed by atoms with Crippen molar-refractivity contribution in [3.63, 3.8) is 0 Å². The van der Waals surface area contributed by atoms with E-state index in [9.17, 15) is 10.1 Å². The predicted molar refractivity (Wildman–Crippen MR) is 123 cm³/mol. The first kappa shape index (κ1) is 20.6. The van der Waals surface area contributed by atoms with Crippen LogP contribution in [0.5, 0.6) is 0 Å². The SMILES string of the molecule is CC1CCc2c(sc(NC(=S)NC(=O)c3ccc(-c4cccc(Cl)c4)o3)c2C#N)C1. The summed E-state index contributed by atoms with van der Waals surface area (Å²) in [5, 5.41) is 16.6. The predicted octanol–water partition coefficient (Wildman–Crippen LogP) is 5.78. The monoisotopic (exact) mass is 455 g/mol. The van der Waals surface area contributed by atoms with E-state index in [0.29, 0.717) is 27.3 Å². The average molecular weight is 456 g/mol. The van der Waals surface area contributed by atoms with Gasteiger partial charge in [0.1, 0.15) is 16.8 Å². The molecule has 4 rings (SSSR count). The van der Waals surface area contributed by atoms with Crippen LogP contribution in [0, 0.1) is 17.2 Å². The molecule has 0 radical (unpaired) electrons. The first-order valence-electron chi connectivity index (χ1n) is 9.47. The maximum Gasteiger partial charge on any atom is 0.293 e. The van der Waals surface area contributed by atoms with Crippen LogP contribution in [0.25, 0.3) is 11.3 Å². The van der Waals surface area contributed by atoms with Crippen molar-refractivity contribution >= 4 is 51.2 Å². The Labute approximate surface area is 188 Å². The van der Waals surface area contributed by atoms with E-state index in [1.54, 1.807) is 24.3 Å². The second kappa shape index (κ2) is 8.60. The minimum absolute atomic E-state index is 0.129. The number of carbonyl (C=O) groups is 1. The molecule has 5 nitrogen and oxygen atoms in total. The molecule has 0 bridgehead atoms. The van der Waals surface area contributed by atoms with Gasteiger partial charge in [-0.1, -0.05) is 30.7 Å². The highest BCUT2D eigenvalue weighted by Crippen LogP contribution is 2.39. The van der Waals surface area contributed by atoms with Crippen LogP contribution in [0.1, 0.15) is 39.9 Å². The topological polar surface area (TPSA) is 78.1 Å². The average Bonchev–Trinajstić information content (AvgIpc) is 3.32. The molecule has 2 heterocycles. The molecule has 1 amide bonds. The smallest absolute Gasteiger partial charge is 0.293 e. The van der Waals surface area contributed by atoms with Gasteiger partial charge in [0.15, 0.2) is 10.9 Å². The third-order valence-corrected chi connectivity index (χ3v) is 6.63. The zero-order chi connectivity index (χ0) is 21.3. The number of furan rings is 1. The van der Waals surface area contributed by atoms with Crippen LogP contribution in [0.2, 0.25) is 5.02 Å². The molecule has 30 heavy (non-hydrogen) atoms. The van der Waals surface area contributed by atoms with Gasteiger partial charge in [-0.25, -0.2) is 0 Å². The summed E-state index contributed by atoms with van der Waals surface area (Å²) in [5.74, 6) is 0.811. The number of amides is 1. The van der Waals surface area contributed by atoms with Gasteiger partial charge in [0, 0.05) is 15.5 Å². The number of rotatable bonds is 3. The van der Waals surface area contributed by atoms with Gasteiger partial charge in [-0.3, -0.25) is 10.1 Å². The van der Waals surface area contributed by atoms with Crippen LogP contribution in [0.3, 0.4) is 0 Å². The molecule has 152 valence electrons. The molecule has 2 N–H and O–H groups in total. The van der Waals surface area contributed by atoms with E-state index >= 15 is 0 Å². The molecular weight excluding hydrogens is 438 g/mol. The van der Waals surface area contributed by atoms with Crippen LogP contribution >= 0.6 is 35.2 Å². The lowest BCUT2D eigenvalue weighted by atomic mass is 9.89. The number of carbonyl (C=O) groups excluding carboxylic acids is 1. The van der Waals surface area contributed by atoms with Crippen LogP contribution < -0.4 is 10.6 Å². The normalized spacial score (nSPS) is 15.2. The largest absolute Gasteiger partial charge is 0.451 e. The Kier molecular flexibility index (Phi) is 5.91. The molecule has 0 spiro atoms. The van der Waals surface area contributed by atoms with Crippen LogP contribution in [0.4, 0.5) is 5.00 Å². The molecule has 0 aliphatic heterocycles. The van der Waals surface area contributed by atoms with E-state index in [4.69, 9.17) is 28.2 Å². The molecule has 1 unspecified atom stereocenters. The number of nitrogens with zero attached hydrogens (tertiary/aromatic N) is 1. The first-order valence-corrected chi connectivity index (χ1v) is 11.1. The molecule has 1 aromatic carbocycles. The summed E-state index contributed by atoms with van der Waals surface area (Å²) in [6.07, 6.45) is 2.94. The molecule has 3 aromatic rings. The number of nitriles is 1. The van der Waals surface area contributed by atoms with Gasteiger partial charge in [0.25, 0.3) is 5.91 Å². The van der Waals surface area contributed by atoms with Crippen molar-refractivity contribution in [3.8, 4) is 17.4 Å². The van der Waals surface area contributed by atoms with Crippen molar-refractivity contribution in [2.24, 2.45) is 5.92 Å². The molecule has 1 aliphatic carbocycles. The van der Waals surface area contributed by atoms with Crippen molar-refractivity contribution in [1.29, 1.82) is 5.26 Å². The van der Waals surface area contributed by atoms with E-state index < -0.39 is 5.91 Å². The van der Waals surface area contributed by atoms with Crippen molar-refractivity contribution < 1.29 is 9.21 Å². The third-order valence-electron chi connectivity index (χ3n) is 5.02. The lowest BCUT2D eigenvalue weighted by Gasteiger charge is -2.17. The third kappa shape index (κ3) is 4.26. The Morgan fingerprint density at radius 1 is 1.37 bits per heavy atom. The molecular formula is C22H18ClN3O2S2. The fourth-order valence-corrected chi connectivity index (χ4v) is 5.33. The molecule has 0 fully saturated rings. The van der Waals surface area contributed by atoms with Gasteiger partial charge in [-0.2, -0.15) is 5.26 Å². The van der Waals surface area contributed by atoms with Crippen LogP contribution in [-0.2, 0) is 12.8 Å². The van der Waals surface area contributed by atoms with E-state index in [0.717, 1.165) is 30.4 Å². The molecule has 0 saturated heterocycles. The summed E-state index contributed by atoms with van der Waals surface area (Å²) in [6.45, 7) is 2.22. The van der Waals surface area contributed by atoms with Crippen molar-refractivity contribution in [2.45, 2.75) is 26.2 Å². The van der Waals surface area contributed by atoms with E-state index in [1.165, 1.54) is 16.2 Å². The summed E-state index contributed by atoms with van der Waals surface area (Å²) < 4.78 is 5.65. The van der Waals surface area contributed by atoms with Crippen molar-refractivity contribution in [1.82, 2.24) is 5.32 Å². The lowest BCUT2D eigenvalue weighted by Crippen LogP contribution is -2.33. The highest BCUT2D eigenvalue weighted by Gasteiger charge is 2.24. The minimum atomic E-state index is -0.464. The Hall–Kier alpha value is -2.66. The van der Waals surface area contributed by atoms with Gasteiger partial charge >= 0.3 is 0 Å². The quantitative estimate of drug-likeness (QED) is 0.489. The van der Waals surface area contributed by atoms with Crippen LogP contribution in [-0.4, -0.2) is 11.0 Å². The van der Waals surface area contributed by atoms with Crippen molar-refractivity contribution in [3.05, 3.63) is 63.2 Å². The number of anilines is 1. The number of hydrogen-bond donors (Lipinski definition) is 2. The summed E-state index contributed by atoms with van der Waals surface area (Å²) in [5.41, 5.74) is 2.51. The number of benzene rings is 1. The zero-order valence-electron chi connectivity index (χ0n) is 16.1. The Bertz CT molecular complexity index is 1180. The Morgan fingerprint density at radius 2 is 2.20 bits per heavy atom. The van der Waals surface area contributed by atoms with E-state index in [1.807, 2.05) is 12.1 Å². The van der Waals surface area contributed by atoms with Gasteiger partial charge < -0.3 is 9.73 Å². The Morgan fingerprint density at radius 3 is 2.97 bits per heavy atom. The minimum Gasteiger partial charge on any atom is -0.451 e. The summed E-state index contributed by atoms with van der Waals surface area (Å²) in [7, 11) is 0. The van der Waals surface area contributed by atoms with Gasteiger partial charge in [0.05, 0.1) is 5.56 Å². The van der Waals surface area contributed by atoms with Gasteiger partial charge in [-0.15, -0.1) is 11.3 Å². The number of thiocarbonyl (C=S) groups is 1. The van der Waals surface area contributed by atoms with E-state index in [2.05, 4.69) is 23.6 Å². The second-order valence-corrected chi connectivity index (χ2v) is 9.20. The molecule has 0 saturated carbocycles. The lowest BCUT2D eigenvalue weighted by molar-refractivity contribution is 0.0951. The Balaban J connectivity index is 1.45. The number of hydrogen-bond acceptors (Lipinski definition) is 5. The summed E-state index contributed by atoms with van der Waals surface area (Å²) in [4.78, 5) is 13.8. The fraction of sp³-hybridized carbons (Fsp3) is 0.227. The molecule has 1 aliphatic rings.